The third kappa shape index (κ3) is 5.42. The molecule has 0 aliphatic heterocycles. The molecule has 0 aromatic heterocycles. The number of carbonyl (C=O) groups excluding carboxylic acids is 1. The number of nitrogens with one attached hydrogen (secondary N) is 2. The summed E-state index contributed by atoms with van der Waals surface area (Å²) in [5, 5.41) is 16.6. The van der Waals surface area contributed by atoms with Gasteiger partial charge in [0.2, 0.25) is 0 Å². The number of nitro benzene ring substituents is 1. The SMILES string of the molecule is CNCCCNC(=O)c1cc(Cl)ccc1[N+](=O)[O-].Cl. The van der Waals surface area contributed by atoms with E-state index in [1.54, 1.807) is 0 Å². The lowest BCUT2D eigenvalue weighted by Gasteiger charge is -2.06. The molecule has 0 spiro atoms. The van der Waals surface area contributed by atoms with Crippen LogP contribution in [0.3, 0.4) is 0 Å². The Labute approximate surface area is 122 Å². The molecule has 0 bridgehead atoms. The summed E-state index contributed by atoms with van der Waals surface area (Å²) in [5.41, 5.74) is -0.262. The third-order valence-electron chi connectivity index (χ3n) is 2.29. The van der Waals surface area contributed by atoms with Gasteiger partial charge in [0.1, 0.15) is 5.56 Å². The molecular formula is C11H15Cl2N3O3. The fraction of sp³-hybridized carbons (Fsp3) is 0.364. The molecule has 0 unspecified atom stereocenters. The molecule has 6 nitrogen and oxygen atoms in total. The van der Waals surface area contributed by atoms with Crippen molar-refractivity contribution in [3.8, 4) is 0 Å². The lowest BCUT2D eigenvalue weighted by atomic mass is 10.1. The van der Waals surface area contributed by atoms with E-state index in [2.05, 4.69) is 10.6 Å². The van der Waals surface area contributed by atoms with Gasteiger partial charge in [-0.25, -0.2) is 0 Å². The first-order valence-corrected chi connectivity index (χ1v) is 5.80. The molecule has 0 aliphatic rings. The van der Waals surface area contributed by atoms with Crippen molar-refractivity contribution < 1.29 is 9.72 Å². The number of nitrogens with zero attached hydrogens (tertiary/aromatic N) is 1. The molecule has 19 heavy (non-hydrogen) atoms. The highest BCUT2D eigenvalue weighted by molar-refractivity contribution is 6.31. The van der Waals surface area contributed by atoms with Crippen molar-refractivity contribution in [2.75, 3.05) is 20.1 Å². The Morgan fingerprint density at radius 2 is 2.11 bits per heavy atom. The van der Waals surface area contributed by atoms with Crippen molar-refractivity contribution in [3.63, 3.8) is 0 Å². The Morgan fingerprint density at radius 3 is 2.68 bits per heavy atom. The predicted molar refractivity (Wildman–Crippen MR) is 76.2 cm³/mol. The lowest BCUT2D eigenvalue weighted by Crippen LogP contribution is -2.27. The molecule has 1 aromatic carbocycles. The molecule has 0 fully saturated rings. The minimum Gasteiger partial charge on any atom is -0.352 e. The summed E-state index contributed by atoms with van der Waals surface area (Å²) in [6.45, 7) is 1.21. The second-order valence-electron chi connectivity index (χ2n) is 3.63. The smallest absolute Gasteiger partial charge is 0.282 e. The molecule has 8 heteroatoms. The van der Waals surface area contributed by atoms with E-state index in [1.807, 2.05) is 7.05 Å². The first-order valence-electron chi connectivity index (χ1n) is 5.43. The van der Waals surface area contributed by atoms with E-state index in [4.69, 9.17) is 11.6 Å². The molecule has 0 radical (unpaired) electrons. The van der Waals surface area contributed by atoms with Gasteiger partial charge in [0.05, 0.1) is 4.92 Å². The fourth-order valence-corrected chi connectivity index (χ4v) is 1.58. The molecule has 0 atom stereocenters. The zero-order valence-electron chi connectivity index (χ0n) is 10.3. The van der Waals surface area contributed by atoms with E-state index in [0.29, 0.717) is 11.6 Å². The number of halogens is 2. The van der Waals surface area contributed by atoms with Crippen LogP contribution in [0.5, 0.6) is 0 Å². The molecule has 106 valence electrons. The summed E-state index contributed by atoms with van der Waals surface area (Å²) in [6.07, 6.45) is 0.747. The molecule has 1 rings (SSSR count). The van der Waals surface area contributed by atoms with Gasteiger partial charge in [-0.1, -0.05) is 11.6 Å². The largest absolute Gasteiger partial charge is 0.352 e. The number of hydrogen-bond donors (Lipinski definition) is 2. The van der Waals surface area contributed by atoms with Gasteiger partial charge < -0.3 is 10.6 Å². The third-order valence-corrected chi connectivity index (χ3v) is 2.52. The van der Waals surface area contributed by atoms with Gasteiger partial charge in [0, 0.05) is 17.6 Å². The lowest BCUT2D eigenvalue weighted by molar-refractivity contribution is -0.385. The second-order valence-corrected chi connectivity index (χ2v) is 4.07. The van der Waals surface area contributed by atoms with E-state index < -0.39 is 10.8 Å². The maximum atomic E-state index is 11.8. The highest BCUT2D eigenvalue weighted by Crippen LogP contribution is 2.22. The quantitative estimate of drug-likeness (QED) is 0.478. The topological polar surface area (TPSA) is 84.3 Å². The zero-order valence-corrected chi connectivity index (χ0v) is 11.9. The van der Waals surface area contributed by atoms with Crippen molar-refractivity contribution in [2.45, 2.75) is 6.42 Å². The van der Waals surface area contributed by atoms with Crippen LogP contribution < -0.4 is 10.6 Å². The molecule has 1 amide bonds. The van der Waals surface area contributed by atoms with E-state index in [1.165, 1.54) is 18.2 Å². The predicted octanol–water partition coefficient (Wildman–Crippen LogP) is 2.01. The molecule has 2 N–H and O–H groups in total. The summed E-state index contributed by atoms with van der Waals surface area (Å²) in [7, 11) is 1.81. The van der Waals surface area contributed by atoms with Gasteiger partial charge in [-0.05, 0) is 32.1 Å². The van der Waals surface area contributed by atoms with Crippen LogP contribution in [0, 0.1) is 10.1 Å². The Hall–Kier alpha value is -1.37. The number of nitro groups is 1. The average molecular weight is 308 g/mol. The molecule has 0 saturated carbocycles. The number of hydrogen-bond acceptors (Lipinski definition) is 4. The number of carbonyl (C=O) groups is 1. The maximum absolute atomic E-state index is 11.8. The van der Waals surface area contributed by atoms with Gasteiger partial charge in [0.25, 0.3) is 11.6 Å². The molecule has 0 aliphatic carbocycles. The van der Waals surface area contributed by atoms with Crippen LogP contribution in [0.15, 0.2) is 18.2 Å². The minimum atomic E-state index is -0.598. The van der Waals surface area contributed by atoms with Crippen molar-refractivity contribution in [2.24, 2.45) is 0 Å². The van der Waals surface area contributed by atoms with E-state index >= 15 is 0 Å². The summed E-state index contributed by atoms with van der Waals surface area (Å²) in [4.78, 5) is 22.0. The Kier molecular flexibility index (Phi) is 8.06. The van der Waals surface area contributed by atoms with Crippen LogP contribution in [0.25, 0.3) is 0 Å². The van der Waals surface area contributed by atoms with Crippen LogP contribution in [0.2, 0.25) is 5.02 Å². The first kappa shape index (κ1) is 17.6. The van der Waals surface area contributed by atoms with E-state index in [0.717, 1.165) is 13.0 Å². The summed E-state index contributed by atoms with van der Waals surface area (Å²) in [6, 6.07) is 3.91. The molecule has 0 heterocycles. The van der Waals surface area contributed by atoms with Crippen LogP contribution in [0.4, 0.5) is 5.69 Å². The second kappa shape index (κ2) is 8.68. The molecular weight excluding hydrogens is 293 g/mol. The maximum Gasteiger partial charge on any atom is 0.282 e. The summed E-state index contributed by atoms with van der Waals surface area (Å²) < 4.78 is 0. The highest BCUT2D eigenvalue weighted by Gasteiger charge is 2.19. The van der Waals surface area contributed by atoms with Crippen molar-refractivity contribution in [1.82, 2.24) is 10.6 Å². The first-order chi connectivity index (χ1) is 8.56. The van der Waals surface area contributed by atoms with Gasteiger partial charge >= 0.3 is 0 Å². The van der Waals surface area contributed by atoms with E-state index in [-0.39, 0.29) is 23.7 Å². The van der Waals surface area contributed by atoms with Crippen LogP contribution in [0.1, 0.15) is 16.8 Å². The minimum absolute atomic E-state index is 0. The number of benzene rings is 1. The van der Waals surface area contributed by atoms with Crippen LogP contribution >= 0.6 is 24.0 Å². The molecule has 1 aromatic rings. The van der Waals surface area contributed by atoms with Crippen molar-refractivity contribution in [3.05, 3.63) is 38.9 Å². The monoisotopic (exact) mass is 307 g/mol. The van der Waals surface area contributed by atoms with Gasteiger partial charge in [-0.2, -0.15) is 0 Å². The molecule has 0 saturated heterocycles. The van der Waals surface area contributed by atoms with Gasteiger partial charge in [0.15, 0.2) is 0 Å². The normalized spacial score (nSPS) is 9.58. The Morgan fingerprint density at radius 1 is 1.42 bits per heavy atom. The zero-order chi connectivity index (χ0) is 13.5. The highest BCUT2D eigenvalue weighted by atomic mass is 35.5. The Bertz CT molecular complexity index is 455. The summed E-state index contributed by atoms with van der Waals surface area (Å²) >= 11 is 5.74. The Balaban J connectivity index is 0.00000324. The van der Waals surface area contributed by atoms with Gasteiger partial charge in [-0.3, -0.25) is 14.9 Å². The number of rotatable bonds is 6. The standard InChI is InChI=1S/C11H14ClN3O3.ClH/c1-13-5-2-6-14-11(16)9-7-8(12)3-4-10(9)15(17)18;/h3-4,7,13H,2,5-6H2,1H3,(H,14,16);1H. The van der Waals surface area contributed by atoms with Gasteiger partial charge in [-0.15, -0.1) is 12.4 Å². The fourth-order valence-electron chi connectivity index (χ4n) is 1.41. The van der Waals surface area contributed by atoms with Crippen molar-refractivity contribution in [1.29, 1.82) is 0 Å². The number of amides is 1. The van der Waals surface area contributed by atoms with Crippen LogP contribution in [-0.4, -0.2) is 31.0 Å². The van der Waals surface area contributed by atoms with E-state index in [9.17, 15) is 14.9 Å². The summed E-state index contributed by atoms with van der Waals surface area (Å²) in [5.74, 6) is -0.486. The van der Waals surface area contributed by atoms with Crippen molar-refractivity contribution >= 4 is 35.6 Å². The average Bonchev–Trinajstić information content (AvgIpc) is 2.34. The van der Waals surface area contributed by atoms with Crippen LogP contribution in [-0.2, 0) is 0 Å².